The first-order chi connectivity index (χ1) is 10.1. The third kappa shape index (κ3) is 4.65. The average molecular weight is 284 g/mol. The van der Waals surface area contributed by atoms with Crippen molar-refractivity contribution in [2.45, 2.75) is 12.5 Å². The molecule has 0 spiro atoms. The summed E-state index contributed by atoms with van der Waals surface area (Å²) < 4.78 is 0. The Morgan fingerprint density at radius 3 is 2.10 bits per heavy atom. The second kappa shape index (κ2) is 7.09. The van der Waals surface area contributed by atoms with Gasteiger partial charge in [0.05, 0.1) is 0 Å². The molecule has 0 fully saturated rings. The molecule has 5 nitrogen and oxygen atoms in total. The first-order valence-corrected chi connectivity index (χ1v) is 6.54. The van der Waals surface area contributed by atoms with Gasteiger partial charge in [0.25, 0.3) is 0 Å². The fourth-order valence-electron chi connectivity index (χ4n) is 1.90. The Hall–Kier alpha value is -2.82. The molecule has 0 aliphatic heterocycles. The molecule has 0 saturated carbocycles. The Labute approximate surface area is 122 Å². The molecule has 3 N–H and O–H groups in total. The zero-order valence-corrected chi connectivity index (χ0v) is 11.3. The lowest BCUT2D eigenvalue weighted by atomic mass is 10.1. The van der Waals surface area contributed by atoms with Crippen LogP contribution >= 0.6 is 0 Å². The van der Waals surface area contributed by atoms with Gasteiger partial charge in [0.15, 0.2) is 0 Å². The van der Waals surface area contributed by atoms with Crippen molar-refractivity contribution < 1.29 is 14.7 Å². The lowest BCUT2D eigenvalue weighted by molar-refractivity contribution is -0.139. The average Bonchev–Trinajstić information content (AvgIpc) is 2.48. The quantitative estimate of drug-likeness (QED) is 0.789. The summed E-state index contributed by atoms with van der Waals surface area (Å²) in [5.41, 5.74) is 1.46. The van der Waals surface area contributed by atoms with E-state index in [0.29, 0.717) is 5.69 Å². The van der Waals surface area contributed by atoms with Crippen molar-refractivity contribution in [3.05, 3.63) is 66.2 Å². The summed E-state index contributed by atoms with van der Waals surface area (Å²) in [6.45, 7) is 0. The van der Waals surface area contributed by atoms with Crippen LogP contribution in [0.15, 0.2) is 60.7 Å². The zero-order valence-electron chi connectivity index (χ0n) is 11.3. The molecule has 0 radical (unpaired) electrons. The van der Waals surface area contributed by atoms with Crippen LogP contribution in [-0.2, 0) is 11.2 Å². The predicted molar refractivity (Wildman–Crippen MR) is 80.2 cm³/mol. The highest BCUT2D eigenvalue weighted by Crippen LogP contribution is 2.06. The van der Waals surface area contributed by atoms with Crippen LogP contribution < -0.4 is 10.6 Å². The Morgan fingerprint density at radius 1 is 0.952 bits per heavy atom. The van der Waals surface area contributed by atoms with E-state index in [2.05, 4.69) is 10.6 Å². The van der Waals surface area contributed by atoms with E-state index in [-0.39, 0.29) is 6.42 Å². The van der Waals surface area contributed by atoms with E-state index in [9.17, 15) is 14.7 Å². The highest BCUT2D eigenvalue weighted by Gasteiger charge is 2.20. The highest BCUT2D eigenvalue weighted by molar-refractivity contribution is 5.92. The number of amides is 2. The summed E-state index contributed by atoms with van der Waals surface area (Å²) in [6.07, 6.45) is 0.235. The molecular formula is C16H16N2O3. The molecule has 0 aliphatic carbocycles. The molecule has 21 heavy (non-hydrogen) atoms. The second-order valence-corrected chi connectivity index (χ2v) is 4.55. The summed E-state index contributed by atoms with van der Waals surface area (Å²) >= 11 is 0. The minimum absolute atomic E-state index is 0.235. The number of benzene rings is 2. The molecule has 108 valence electrons. The van der Waals surface area contributed by atoms with Crippen LogP contribution in [0.2, 0.25) is 0 Å². The van der Waals surface area contributed by atoms with Gasteiger partial charge in [0, 0.05) is 12.1 Å². The standard InChI is InChI=1S/C16H16N2O3/c19-15(20)14(11-12-7-3-1-4-8-12)18-16(21)17-13-9-5-2-6-10-13/h1-10,14H,11H2,(H,19,20)(H2,17,18,21)/t14-/m0/s1. The van der Waals surface area contributed by atoms with Gasteiger partial charge in [0.2, 0.25) is 0 Å². The van der Waals surface area contributed by atoms with Gasteiger partial charge in [-0.2, -0.15) is 0 Å². The lowest BCUT2D eigenvalue weighted by Crippen LogP contribution is -2.44. The maximum Gasteiger partial charge on any atom is 0.326 e. The molecule has 2 aromatic carbocycles. The summed E-state index contributed by atoms with van der Waals surface area (Å²) in [4.78, 5) is 23.1. The van der Waals surface area contributed by atoms with Crippen LogP contribution in [0, 0.1) is 0 Å². The van der Waals surface area contributed by atoms with Crippen molar-refractivity contribution in [2.75, 3.05) is 5.32 Å². The van der Waals surface area contributed by atoms with Crippen molar-refractivity contribution in [1.29, 1.82) is 0 Å². The monoisotopic (exact) mass is 284 g/mol. The van der Waals surface area contributed by atoms with Gasteiger partial charge in [-0.1, -0.05) is 48.5 Å². The minimum Gasteiger partial charge on any atom is -0.480 e. The van der Waals surface area contributed by atoms with Gasteiger partial charge in [-0.15, -0.1) is 0 Å². The number of hydrogen-bond acceptors (Lipinski definition) is 2. The molecular weight excluding hydrogens is 268 g/mol. The number of nitrogens with one attached hydrogen (secondary N) is 2. The fraction of sp³-hybridized carbons (Fsp3) is 0.125. The molecule has 0 saturated heterocycles. The van der Waals surface area contributed by atoms with Crippen LogP contribution in [0.1, 0.15) is 5.56 Å². The largest absolute Gasteiger partial charge is 0.480 e. The number of carboxylic acid groups (broad SMARTS) is 1. The normalized spacial score (nSPS) is 11.4. The fourth-order valence-corrected chi connectivity index (χ4v) is 1.90. The van der Waals surface area contributed by atoms with E-state index in [0.717, 1.165) is 5.56 Å². The molecule has 0 unspecified atom stereocenters. The number of carbonyl (C=O) groups excluding carboxylic acids is 1. The smallest absolute Gasteiger partial charge is 0.326 e. The van der Waals surface area contributed by atoms with Crippen LogP contribution in [0.4, 0.5) is 10.5 Å². The van der Waals surface area contributed by atoms with Gasteiger partial charge >= 0.3 is 12.0 Å². The number of carboxylic acids is 1. The number of hydrogen-bond donors (Lipinski definition) is 3. The zero-order chi connectivity index (χ0) is 15.1. The van der Waals surface area contributed by atoms with E-state index in [1.54, 1.807) is 24.3 Å². The number of anilines is 1. The summed E-state index contributed by atoms with van der Waals surface area (Å²) in [5.74, 6) is -1.07. The SMILES string of the molecule is O=C(Nc1ccccc1)N[C@@H](Cc1ccccc1)C(=O)O. The number of rotatable bonds is 5. The Morgan fingerprint density at radius 2 is 1.52 bits per heavy atom. The molecule has 0 bridgehead atoms. The number of para-hydroxylation sites is 1. The molecule has 2 aromatic rings. The van der Waals surface area contributed by atoms with E-state index in [1.165, 1.54) is 0 Å². The van der Waals surface area contributed by atoms with Crippen LogP contribution in [0.3, 0.4) is 0 Å². The van der Waals surface area contributed by atoms with Crippen molar-refractivity contribution in [3.8, 4) is 0 Å². The van der Waals surface area contributed by atoms with Crippen molar-refractivity contribution in [2.24, 2.45) is 0 Å². The van der Waals surface area contributed by atoms with Crippen LogP contribution in [0.25, 0.3) is 0 Å². The molecule has 0 aromatic heterocycles. The maximum absolute atomic E-state index is 11.8. The van der Waals surface area contributed by atoms with Gasteiger partial charge < -0.3 is 15.7 Å². The van der Waals surface area contributed by atoms with Gasteiger partial charge in [-0.3, -0.25) is 0 Å². The van der Waals surface area contributed by atoms with E-state index in [1.807, 2.05) is 36.4 Å². The first-order valence-electron chi connectivity index (χ1n) is 6.54. The van der Waals surface area contributed by atoms with Crippen LogP contribution in [-0.4, -0.2) is 23.1 Å². The Balaban J connectivity index is 1.96. The Bertz CT molecular complexity index is 599. The van der Waals surface area contributed by atoms with Gasteiger partial charge in [-0.05, 0) is 17.7 Å². The highest BCUT2D eigenvalue weighted by atomic mass is 16.4. The first kappa shape index (κ1) is 14.6. The maximum atomic E-state index is 11.8. The summed E-state index contributed by atoms with van der Waals surface area (Å²) in [5, 5.41) is 14.3. The van der Waals surface area contributed by atoms with Crippen LogP contribution in [0.5, 0.6) is 0 Å². The van der Waals surface area contributed by atoms with E-state index >= 15 is 0 Å². The molecule has 5 heteroatoms. The predicted octanol–water partition coefficient (Wildman–Crippen LogP) is 2.50. The van der Waals surface area contributed by atoms with Crippen molar-refractivity contribution >= 4 is 17.7 Å². The number of aliphatic carboxylic acids is 1. The molecule has 2 rings (SSSR count). The molecule has 2 amide bonds. The molecule has 0 heterocycles. The third-order valence-corrected chi connectivity index (χ3v) is 2.92. The number of carbonyl (C=O) groups is 2. The van der Waals surface area contributed by atoms with Gasteiger partial charge in [-0.25, -0.2) is 9.59 Å². The summed E-state index contributed by atoms with van der Waals surface area (Å²) in [7, 11) is 0. The van der Waals surface area contributed by atoms with E-state index in [4.69, 9.17) is 0 Å². The Kier molecular flexibility index (Phi) is 4.93. The second-order valence-electron chi connectivity index (χ2n) is 4.55. The van der Waals surface area contributed by atoms with E-state index < -0.39 is 18.0 Å². The third-order valence-electron chi connectivity index (χ3n) is 2.92. The molecule has 1 atom stereocenters. The summed E-state index contributed by atoms with van der Waals surface area (Å²) in [6, 6.07) is 16.5. The van der Waals surface area contributed by atoms with Crippen molar-refractivity contribution in [1.82, 2.24) is 5.32 Å². The van der Waals surface area contributed by atoms with Gasteiger partial charge in [0.1, 0.15) is 6.04 Å². The lowest BCUT2D eigenvalue weighted by Gasteiger charge is -2.15. The topological polar surface area (TPSA) is 78.4 Å². The molecule has 0 aliphatic rings. The number of urea groups is 1. The minimum atomic E-state index is -1.07. The van der Waals surface area contributed by atoms with Crippen molar-refractivity contribution in [3.63, 3.8) is 0 Å².